The fraction of sp³-hybridized carbons (Fsp3) is 0.440. The van der Waals surface area contributed by atoms with Crippen molar-refractivity contribution in [3.63, 3.8) is 0 Å². The van der Waals surface area contributed by atoms with Crippen molar-refractivity contribution in [3.05, 3.63) is 63.9 Å². The summed E-state index contributed by atoms with van der Waals surface area (Å²) in [4.78, 5) is 20.6. The van der Waals surface area contributed by atoms with Gasteiger partial charge in [0.1, 0.15) is 5.82 Å². The number of rotatable bonds is 5. The Balaban J connectivity index is 1.56. The molecule has 2 fully saturated rings. The van der Waals surface area contributed by atoms with Crippen LogP contribution in [0.3, 0.4) is 0 Å². The highest BCUT2D eigenvalue weighted by molar-refractivity contribution is 6.31. The van der Waals surface area contributed by atoms with Crippen LogP contribution in [-0.4, -0.2) is 26.4 Å². The van der Waals surface area contributed by atoms with Crippen LogP contribution in [0, 0.1) is 0 Å². The minimum Gasteiger partial charge on any atom is -0.328 e. The Morgan fingerprint density at radius 1 is 0.968 bits per heavy atom. The van der Waals surface area contributed by atoms with Gasteiger partial charge >= 0.3 is 0 Å². The number of hydrogen-bond acceptors (Lipinski definition) is 2. The van der Waals surface area contributed by atoms with E-state index in [1.807, 2.05) is 41.3 Å². The van der Waals surface area contributed by atoms with Crippen LogP contribution in [0.25, 0.3) is 11.0 Å². The molecule has 0 aliphatic heterocycles. The van der Waals surface area contributed by atoms with E-state index in [1.165, 1.54) is 25.7 Å². The van der Waals surface area contributed by atoms with Crippen molar-refractivity contribution in [1.82, 2.24) is 14.5 Å². The summed E-state index contributed by atoms with van der Waals surface area (Å²) in [7, 11) is 0. The topological polar surface area (TPSA) is 38.1 Å². The normalized spacial score (nSPS) is 17.6. The van der Waals surface area contributed by atoms with Crippen LogP contribution < -0.4 is 0 Å². The Hall–Kier alpha value is -2.04. The van der Waals surface area contributed by atoms with Crippen LogP contribution >= 0.6 is 23.2 Å². The summed E-state index contributed by atoms with van der Waals surface area (Å²) in [5, 5.41) is 1.31. The van der Waals surface area contributed by atoms with Gasteiger partial charge in [0, 0.05) is 27.7 Å². The van der Waals surface area contributed by atoms with Gasteiger partial charge in [-0.25, -0.2) is 4.98 Å². The number of aromatic nitrogens is 2. The van der Waals surface area contributed by atoms with Gasteiger partial charge in [-0.05, 0) is 62.1 Å². The molecule has 0 atom stereocenters. The molecule has 6 heteroatoms. The quantitative estimate of drug-likeness (QED) is 0.413. The number of halogens is 2. The number of imidazole rings is 1. The maximum Gasteiger partial charge on any atom is 0.254 e. The molecule has 3 aromatic rings. The van der Waals surface area contributed by atoms with Gasteiger partial charge in [0.05, 0.1) is 17.6 Å². The Morgan fingerprint density at radius 3 is 2.42 bits per heavy atom. The van der Waals surface area contributed by atoms with Crippen LogP contribution in [0.5, 0.6) is 0 Å². The summed E-state index contributed by atoms with van der Waals surface area (Å²) in [6.07, 6.45) is 9.18. The van der Waals surface area contributed by atoms with Crippen LogP contribution in [0.2, 0.25) is 10.0 Å². The van der Waals surface area contributed by atoms with E-state index in [0.29, 0.717) is 23.2 Å². The third-order valence-corrected chi connectivity index (χ3v) is 7.29. The van der Waals surface area contributed by atoms with Gasteiger partial charge in [0.25, 0.3) is 5.91 Å². The average molecular weight is 456 g/mol. The van der Waals surface area contributed by atoms with Gasteiger partial charge in [-0.1, -0.05) is 55.0 Å². The highest BCUT2D eigenvalue weighted by Crippen LogP contribution is 2.36. The van der Waals surface area contributed by atoms with E-state index in [-0.39, 0.29) is 11.9 Å². The van der Waals surface area contributed by atoms with Crippen molar-refractivity contribution in [2.45, 2.75) is 70.0 Å². The molecular weight excluding hydrogens is 429 g/mol. The third-order valence-electron chi connectivity index (χ3n) is 6.82. The van der Waals surface area contributed by atoms with Crippen molar-refractivity contribution < 1.29 is 4.79 Å². The second-order valence-corrected chi connectivity index (χ2v) is 9.72. The first-order chi connectivity index (χ1) is 15.1. The summed E-state index contributed by atoms with van der Waals surface area (Å²) < 4.78 is 2.36. The van der Waals surface area contributed by atoms with Crippen LogP contribution in [0.15, 0.2) is 42.5 Å². The molecule has 1 amide bonds. The van der Waals surface area contributed by atoms with Crippen molar-refractivity contribution in [3.8, 4) is 0 Å². The number of fused-ring (bicyclic) bond motifs is 1. The Morgan fingerprint density at radius 2 is 1.68 bits per heavy atom. The zero-order chi connectivity index (χ0) is 21.4. The van der Waals surface area contributed by atoms with E-state index in [2.05, 4.69) is 4.57 Å². The summed E-state index contributed by atoms with van der Waals surface area (Å²) in [5.74, 6) is 1.00. The molecule has 0 spiro atoms. The molecule has 2 aliphatic carbocycles. The number of carbonyl (C=O) groups is 1. The smallest absolute Gasteiger partial charge is 0.254 e. The number of benzene rings is 2. The average Bonchev–Trinajstić information content (AvgIpc) is 3.51. The molecule has 0 saturated heterocycles. The lowest BCUT2D eigenvalue weighted by atomic mass is 10.1. The number of hydrogen-bond donors (Lipinski definition) is 0. The van der Waals surface area contributed by atoms with Crippen molar-refractivity contribution in [2.75, 3.05) is 0 Å². The lowest BCUT2D eigenvalue weighted by Crippen LogP contribution is -2.39. The van der Waals surface area contributed by atoms with Gasteiger partial charge < -0.3 is 9.47 Å². The summed E-state index contributed by atoms with van der Waals surface area (Å²) >= 11 is 12.5. The Kier molecular flexibility index (Phi) is 5.94. The zero-order valence-corrected chi connectivity index (χ0v) is 19.1. The molecule has 31 heavy (non-hydrogen) atoms. The first kappa shape index (κ1) is 20.8. The first-order valence-electron chi connectivity index (χ1n) is 11.3. The molecule has 2 saturated carbocycles. The van der Waals surface area contributed by atoms with Gasteiger partial charge in [-0.3, -0.25) is 4.79 Å². The molecule has 4 nitrogen and oxygen atoms in total. The molecule has 2 aromatic carbocycles. The largest absolute Gasteiger partial charge is 0.328 e. The van der Waals surface area contributed by atoms with Crippen molar-refractivity contribution in [2.24, 2.45) is 0 Å². The van der Waals surface area contributed by atoms with E-state index < -0.39 is 0 Å². The maximum absolute atomic E-state index is 13.6. The van der Waals surface area contributed by atoms with Crippen LogP contribution in [-0.2, 0) is 6.54 Å². The van der Waals surface area contributed by atoms with Crippen molar-refractivity contribution in [1.29, 1.82) is 0 Å². The molecule has 162 valence electrons. The van der Waals surface area contributed by atoms with Gasteiger partial charge in [0.15, 0.2) is 0 Å². The standard InChI is InChI=1S/C25H27Cl2N3O/c26-18-7-5-6-17(14-18)25(31)29(20-8-1-2-9-20)16-24-28-22-13-12-19(27)15-23(22)30(24)21-10-3-4-11-21/h5-7,12-15,20-21H,1-4,8-11,16H2. The second kappa shape index (κ2) is 8.84. The minimum atomic E-state index is 0.0393. The maximum atomic E-state index is 13.6. The highest BCUT2D eigenvalue weighted by Gasteiger charge is 2.31. The lowest BCUT2D eigenvalue weighted by molar-refractivity contribution is 0.0655. The van der Waals surface area contributed by atoms with E-state index in [4.69, 9.17) is 28.2 Å². The summed E-state index contributed by atoms with van der Waals surface area (Å²) in [6, 6.07) is 13.8. The Bertz CT molecular complexity index is 1100. The van der Waals surface area contributed by atoms with E-state index in [1.54, 1.807) is 6.07 Å². The fourth-order valence-corrected chi connectivity index (χ4v) is 5.68. The fourth-order valence-electron chi connectivity index (χ4n) is 5.32. The predicted octanol–water partition coefficient (Wildman–Crippen LogP) is 7.04. The highest BCUT2D eigenvalue weighted by atomic mass is 35.5. The summed E-state index contributed by atoms with van der Waals surface area (Å²) in [5.41, 5.74) is 2.68. The van der Waals surface area contributed by atoms with Crippen LogP contribution in [0.1, 0.15) is 73.6 Å². The van der Waals surface area contributed by atoms with Gasteiger partial charge in [-0.2, -0.15) is 0 Å². The Labute approximate surface area is 193 Å². The van der Waals surface area contributed by atoms with Gasteiger partial charge in [-0.15, -0.1) is 0 Å². The molecule has 1 aromatic heterocycles. The second-order valence-electron chi connectivity index (χ2n) is 8.85. The molecule has 2 aliphatic rings. The predicted molar refractivity (Wildman–Crippen MR) is 126 cm³/mol. The van der Waals surface area contributed by atoms with Crippen LogP contribution in [0.4, 0.5) is 0 Å². The first-order valence-corrected chi connectivity index (χ1v) is 12.1. The SMILES string of the molecule is O=C(c1cccc(Cl)c1)N(Cc1nc2ccc(Cl)cc2n1C1CCCC1)C1CCCC1. The minimum absolute atomic E-state index is 0.0393. The molecular formula is C25H27Cl2N3O. The van der Waals surface area contributed by atoms with E-state index in [0.717, 1.165) is 47.6 Å². The molecule has 0 radical (unpaired) electrons. The van der Waals surface area contributed by atoms with E-state index >= 15 is 0 Å². The van der Waals surface area contributed by atoms with Crippen molar-refractivity contribution >= 4 is 40.1 Å². The summed E-state index contributed by atoms with van der Waals surface area (Å²) in [6.45, 7) is 0.513. The molecule has 1 heterocycles. The van der Waals surface area contributed by atoms with Gasteiger partial charge in [0.2, 0.25) is 0 Å². The number of nitrogens with zero attached hydrogens (tertiary/aromatic N) is 3. The molecule has 0 unspecified atom stereocenters. The molecule has 0 bridgehead atoms. The molecule has 5 rings (SSSR count). The zero-order valence-electron chi connectivity index (χ0n) is 17.6. The molecule has 0 N–H and O–H groups in total. The number of amides is 1. The third kappa shape index (κ3) is 4.20. The lowest BCUT2D eigenvalue weighted by Gasteiger charge is -2.30. The monoisotopic (exact) mass is 455 g/mol. The number of carbonyl (C=O) groups excluding carboxylic acids is 1. The van der Waals surface area contributed by atoms with E-state index in [9.17, 15) is 4.79 Å².